The fourth-order valence-electron chi connectivity index (χ4n) is 5.15. The molecule has 1 amide bonds. The zero-order valence-electron chi connectivity index (χ0n) is 22.8. The van der Waals surface area contributed by atoms with E-state index in [4.69, 9.17) is 9.47 Å². The van der Waals surface area contributed by atoms with Crippen LogP contribution in [0, 0.1) is 5.92 Å². The number of hydrogen-bond donors (Lipinski definition) is 1. The van der Waals surface area contributed by atoms with E-state index in [2.05, 4.69) is 53.2 Å². The molecule has 0 atom stereocenters. The summed E-state index contributed by atoms with van der Waals surface area (Å²) in [6.45, 7) is 13.4. The van der Waals surface area contributed by atoms with Crippen molar-refractivity contribution in [3.63, 3.8) is 0 Å². The molecule has 6 heteroatoms. The molecule has 37 heavy (non-hydrogen) atoms. The minimum absolute atomic E-state index is 0.0125. The second-order valence-electron chi connectivity index (χ2n) is 10.9. The fraction of sp³-hybridized carbons (Fsp3) is 0.581. The van der Waals surface area contributed by atoms with Gasteiger partial charge in [-0.15, -0.1) is 0 Å². The van der Waals surface area contributed by atoms with Gasteiger partial charge in [0.25, 0.3) is 5.91 Å². The van der Waals surface area contributed by atoms with E-state index in [1.807, 2.05) is 18.2 Å². The van der Waals surface area contributed by atoms with Crippen molar-refractivity contribution in [3.8, 4) is 5.75 Å². The van der Waals surface area contributed by atoms with Crippen LogP contribution in [0.1, 0.15) is 66.6 Å². The van der Waals surface area contributed by atoms with Gasteiger partial charge in [-0.1, -0.05) is 38.1 Å². The van der Waals surface area contributed by atoms with Gasteiger partial charge in [0.2, 0.25) is 0 Å². The van der Waals surface area contributed by atoms with Gasteiger partial charge in [-0.2, -0.15) is 0 Å². The Morgan fingerprint density at radius 1 is 0.946 bits per heavy atom. The van der Waals surface area contributed by atoms with Crippen LogP contribution in [0.15, 0.2) is 42.5 Å². The van der Waals surface area contributed by atoms with E-state index in [1.54, 1.807) is 0 Å². The van der Waals surface area contributed by atoms with Crippen LogP contribution in [0.5, 0.6) is 5.75 Å². The summed E-state index contributed by atoms with van der Waals surface area (Å²) in [7, 11) is 0. The number of ether oxygens (including phenoxy) is 2. The summed E-state index contributed by atoms with van der Waals surface area (Å²) in [6, 6.07) is 14.6. The van der Waals surface area contributed by atoms with Crippen LogP contribution >= 0.6 is 0 Å². The Labute approximate surface area is 223 Å². The van der Waals surface area contributed by atoms with Crippen molar-refractivity contribution in [3.05, 3.63) is 64.7 Å². The molecule has 2 bridgehead atoms. The van der Waals surface area contributed by atoms with Crippen LogP contribution in [0.2, 0.25) is 0 Å². The molecular formula is C31H45N3O3. The Balaban J connectivity index is 1.44. The summed E-state index contributed by atoms with van der Waals surface area (Å²) in [4.78, 5) is 17.9. The van der Waals surface area contributed by atoms with E-state index in [0.717, 1.165) is 50.3 Å². The van der Waals surface area contributed by atoms with Gasteiger partial charge in [-0.3, -0.25) is 9.69 Å². The minimum atomic E-state index is -0.0125. The summed E-state index contributed by atoms with van der Waals surface area (Å²) in [5, 5.41) is 3.11. The maximum Gasteiger partial charge on any atom is 0.251 e. The molecule has 0 saturated carbocycles. The molecule has 2 aliphatic heterocycles. The Morgan fingerprint density at radius 2 is 1.78 bits per heavy atom. The van der Waals surface area contributed by atoms with Crippen molar-refractivity contribution in [2.75, 3.05) is 59.1 Å². The van der Waals surface area contributed by atoms with Gasteiger partial charge in [0.05, 0.1) is 13.2 Å². The Bertz CT molecular complexity index is 987. The first-order valence-electron chi connectivity index (χ1n) is 14.2. The van der Waals surface area contributed by atoms with Crippen molar-refractivity contribution in [2.45, 2.75) is 52.5 Å². The highest BCUT2D eigenvalue weighted by atomic mass is 16.5. The monoisotopic (exact) mass is 507 g/mol. The number of nitrogens with one attached hydrogen (secondary N) is 1. The van der Waals surface area contributed by atoms with E-state index in [-0.39, 0.29) is 5.91 Å². The lowest BCUT2D eigenvalue weighted by Gasteiger charge is -2.24. The van der Waals surface area contributed by atoms with Crippen molar-refractivity contribution >= 4 is 5.91 Å². The second-order valence-corrected chi connectivity index (χ2v) is 10.9. The van der Waals surface area contributed by atoms with Gasteiger partial charge < -0.3 is 19.7 Å². The topological polar surface area (TPSA) is 54.0 Å². The highest BCUT2D eigenvalue weighted by molar-refractivity contribution is 5.94. The number of rotatable bonds is 8. The molecule has 1 N–H and O–H groups in total. The summed E-state index contributed by atoms with van der Waals surface area (Å²) >= 11 is 0. The minimum Gasteiger partial charge on any atom is -0.491 e. The number of amides is 1. The molecule has 202 valence electrons. The first-order chi connectivity index (χ1) is 18.1. The van der Waals surface area contributed by atoms with E-state index in [9.17, 15) is 4.79 Å². The summed E-state index contributed by atoms with van der Waals surface area (Å²) < 4.78 is 12.0. The van der Waals surface area contributed by atoms with Crippen LogP contribution in [-0.4, -0.2) is 74.8 Å². The van der Waals surface area contributed by atoms with Crippen LogP contribution in [-0.2, 0) is 17.7 Å². The molecule has 4 rings (SSSR count). The number of carbonyl (C=O) groups excluding carboxylic acids is 1. The Hall–Kier alpha value is -2.41. The van der Waals surface area contributed by atoms with Crippen LogP contribution in [0.3, 0.4) is 0 Å². The fourth-order valence-corrected chi connectivity index (χ4v) is 5.15. The zero-order chi connectivity index (χ0) is 25.9. The van der Waals surface area contributed by atoms with E-state index in [0.29, 0.717) is 37.8 Å². The molecular weight excluding hydrogens is 462 g/mol. The number of likely N-dealkylation sites (tertiary alicyclic amines) is 1. The summed E-state index contributed by atoms with van der Waals surface area (Å²) in [5.41, 5.74) is 4.28. The van der Waals surface area contributed by atoms with Crippen LogP contribution in [0.25, 0.3) is 0 Å². The van der Waals surface area contributed by atoms with Gasteiger partial charge in [0.15, 0.2) is 0 Å². The van der Waals surface area contributed by atoms with E-state index >= 15 is 0 Å². The summed E-state index contributed by atoms with van der Waals surface area (Å²) in [6.07, 6.45) is 5.50. The molecule has 0 aromatic heterocycles. The van der Waals surface area contributed by atoms with Gasteiger partial charge >= 0.3 is 0 Å². The summed E-state index contributed by atoms with van der Waals surface area (Å²) in [5.74, 6) is 1.50. The lowest BCUT2D eigenvalue weighted by Crippen LogP contribution is -2.29. The molecule has 2 heterocycles. The predicted octanol–water partition coefficient (Wildman–Crippen LogP) is 4.75. The Morgan fingerprint density at radius 3 is 2.62 bits per heavy atom. The van der Waals surface area contributed by atoms with Crippen molar-refractivity contribution in [1.82, 2.24) is 15.1 Å². The molecule has 0 unspecified atom stereocenters. The first-order valence-corrected chi connectivity index (χ1v) is 14.2. The third kappa shape index (κ3) is 9.13. The van der Waals surface area contributed by atoms with Gasteiger partial charge in [-0.25, -0.2) is 0 Å². The molecule has 0 radical (unpaired) electrons. The third-order valence-electron chi connectivity index (χ3n) is 7.31. The van der Waals surface area contributed by atoms with Crippen LogP contribution in [0.4, 0.5) is 0 Å². The average molecular weight is 508 g/mol. The van der Waals surface area contributed by atoms with E-state index < -0.39 is 0 Å². The van der Waals surface area contributed by atoms with Crippen molar-refractivity contribution in [1.29, 1.82) is 0 Å². The second kappa shape index (κ2) is 14.5. The molecule has 2 aliphatic rings. The van der Waals surface area contributed by atoms with Crippen molar-refractivity contribution in [2.24, 2.45) is 5.92 Å². The normalized spacial score (nSPS) is 17.7. The Kier molecular flexibility index (Phi) is 10.8. The lowest BCUT2D eigenvalue weighted by atomic mass is 9.99. The largest absolute Gasteiger partial charge is 0.491 e. The smallest absolute Gasteiger partial charge is 0.251 e. The quantitative estimate of drug-likeness (QED) is 0.523. The molecule has 6 nitrogen and oxygen atoms in total. The number of nitrogens with zero attached hydrogens (tertiary/aromatic N) is 2. The van der Waals surface area contributed by atoms with Gasteiger partial charge in [-0.05, 0) is 92.7 Å². The number of carbonyl (C=O) groups is 1. The highest BCUT2D eigenvalue weighted by Crippen LogP contribution is 2.25. The SMILES string of the molecule is CC(C)CCN1CCOCCOc2ccc(C(=O)NCCCN3CCCC3)cc2Cc2cccc(c2)C1. The first kappa shape index (κ1) is 27.6. The predicted molar refractivity (Wildman–Crippen MR) is 149 cm³/mol. The maximum atomic E-state index is 12.9. The molecule has 1 fully saturated rings. The highest BCUT2D eigenvalue weighted by Gasteiger charge is 2.15. The molecule has 0 spiro atoms. The zero-order valence-corrected chi connectivity index (χ0v) is 22.8. The van der Waals surface area contributed by atoms with Crippen LogP contribution < -0.4 is 10.1 Å². The number of hydrogen-bond acceptors (Lipinski definition) is 5. The molecule has 2 aromatic carbocycles. The molecule has 0 aliphatic carbocycles. The number of benzene rings is 2. The average Bonchev–Trinajstić information content (AvgIpc) is 3.41. The van der Waals surface area contributed by atoms with Crippen molar-refractivity contribution < 1.29 is 14.3 Å². The molecule has 2 aromatic rings. The van der Waals surface area contributed by atoms with Gasteiger partial charge in [0, 0.05) is 31.6 Å². The maximum absolute atomic E-state index is 12.9. The third-order valence-corrected chi connectivity index (χ3v) is 7.31. The molecule has 1 saturated heterocycles. The standard InChI is InChI=1S/C31H45N3O3/c1-25(2)11-16-34-17-18-36-19-20-37-30-10-9-28(31(35)32-12-6-15-33-13-3-4-14-33)23-29(30)22-26-7-5-8-27(21-26)24-34/h5,7-10,21,23,25H,3-4,6,11-20,22,24H2,1-2H3,(H,32,35). The van der Waals surface area contributed by atoms with E-state index in [1.165, 1.54) is 43.5 Å². The lowest BCUT2D eigenvalue weighted by molar-refractivity contribution is 0.0764. The number of fused-ring (bicyclic) bond motifs is 3. The van der Waals surface area contributed by atoms with Gasteiger partial charge in [0.1, 0.15) is 12.4 Å².